The molecule has 1 N–H and O–H groups in total. The number of nitrogens with one attached hydrogen (secondary N) is 1. The topological polar surface area (TPSA) is 71.0 Å². The third kappa shape index (κ3) is 4.34. The van der Waals surface area contributed by atoms with Crippen LogP contribution in [-0.4, -0.2) is 29.5 Å². The molecule has 1 unspecified atom stereocenters. The minimum atomic E-state index is -0.477. The van der Waals surface area contributed by atoms with Gasteiger partial charge in [-0.1, -0.05) is 30.3 Å². The highest BCUT2D eigenvalue weighted by Crippen LogP contribution is 2.28. The van der Waals surface area contributed by atoms with Gasteiger partial charge < -0.3 is 10.1 Å². The minimum absolute atomic E-state index is 0.0115. The highest BCUT2D eigenvalue weighted by atomic mass is 16.5. The SMILES string of the molecule is CC(=O)C1CC(C(=O)Nc2ccccc2OC(C)C)=NN1c1ccccc1. The van der Waals surface area contributed by atoms with Crippen LogP contribution >= 0.6 is 0 Å². The van der Waals surface area contributed by atoms with E-state index in [4.69, 9.17) is 4.74 Å². The van der Waals surface area contributed by atoms with Gasteiger partial charge in [-0.2, -0.15) is 5.10 Å². The number of anilines is 2. The lowest BCUT2D eigenvalue weighted by Gasteiger charge is -2.20. The number of carbonyl (C=O) groups excluding carboxylic acids is 2. The average Bonchev–Trinajstić information content (AvgIpc) is 3.09. The Morgan fingerprint density at radius 1 is 1.11 bits per heavy atom. The molecule has 0 spiro atoms. The Balaban J connectivity index is 1.82. The van der Waals surface area contributed by atoms with Crippen molar-refractivity contribution in [3.63, 3.8) is 0 Å². The maximum absolute atomic E-state index is 12.8. The molecule has 1 amide bonds. The summed E-state index contributed by atoms with van der Waals surface area (Å²) in [5.41, 5.74) is 1.68. The number of amides is 1. The Kier molecular flexibility index (Phi) is 5.54. The van der Waals surface area contributed by atoms with E-state index in [-0.39, 0.29) is 24.2 Å². The summed E-state index contributed by atoms with van der Waals surface area (Å²) in [6, 6.07) is 16.2. The number of Topliss-reactive ketones (excluding diaryl/α,β-unsaturated/α-hetero) is 1. The highest BCUT2D eigenvalue weighted by molar-refractivity contribution is 6.44. The molecule has 0 fully saturated rings. The molecule has 0 saturated heterocycles. The van der Waals surface area contributed by atoms with Gasteiger partial charge in [0.05, 0.1) is 17.5 Å². The zero-order chi connectivity index (χ0) is 19.4. The van der Waals surface area contributed by atoms with E-state index in [1.54, 1.807) is 17.1 Å². The number of hydrogen-bond donors (Lipinski definition) is 1. The van der Waals surface area contributed by atoms with Gasteiger partial charge in [-0.3, -0.25) is 14.6 Å². The molecule has 0 aromatic heterocycles. The lowest BCUT2D eigenvalue weighted by molar-refractivity contribution is -0.118. The Morgan fingerprint density at radius 3 is 2.44 bits per heavy atom. The van der Waals surface area contributed by atoms with Crippen LogP contribution < -0.4 is 15.1 Å². The van der Waals surface area contributed by atoms with Crippen LogP contribution in [-0.2, 0) is 9.59 Å². The number of carbonyl (C=O) groups is 2. The van der Waals surface area contributed by atoms with Gasteiger partial charge in [0.1, 0.15) is 17.5 Å². The summed E-state index contributed by atoms with van der Waals surface area (Å²) in [7, 11) is 0. The number of para-hydroxylation sites is 3. The summed E-state index contributed by atoms with van der Waals surface area (Å²) in [5, 5.41) is 8.90. The Bertz CT molecular complexity index is 862. The van der Waals surface area contributed by atoms with Crippen molar-refractivity contribution in [3.8, 4) is 5.75 Å². The maximum atomic E-state index is 12.8. The number of ether oxygens (including phenoxy) is 1. The van der Waals surface area contributed by atoms with E-state index in [0.29, 0.717) is 17.1 Å². The normalized spacial score (nSPS) is 16.2. The van der Waals surface area contributed by atoms with Crippen LogP contribution in [0.5, 0.6) is 5.75 Å². The Morgan fingerprint density at radius 2 is 1.78 bits per heavy atom. The third-order valence-corrected chi connectivity index (χ3v) is 4.16. The molecule has 1 atom stereocenters. The molecule has 0 saturated carbocycles. The van der Waals surface area contributed by atoms with Gasteiger partial charge >= 0.3 is 0 Å². The lowest BCUT2D eigenvalue weighted by Crippen LogP contribution is -2.33. The van der Waals surface area contributed by atoms with Gasteiger partial charge in [0, 0.05) is 6.42 Å². The van der Waals surface area contributed by atoms with Crippen LogP contribution in [0, 0.1) is 0 Å². The van der Waals surface area contributed by atoms with Crippen molar-refractivity contribution in [2.45, 2.75) is 39.3 Å². The molecular weight excluding hydrogens is 342 g/mol. The van der Waals surface area contributed by atoms with Crippen LogP contribution in [0.3, 0.4) is 0 Å². The predicted octanol–water partition coefficient (Wildman–Crippen LogP) is 3.64. The molecule has 2 aromatic rings. The third-order valence-electron chi connectivity index (χ3n) is 4.16. The number of rotatable bonds is 6. The minimum Gasteiger partial charge on any atom is -0.489 e. The molecule has 1 heterocycles. The van der Waals surface area contributed by atoms with Crippen molar-refractivity contribution >= 4 is 28.8 Å². The molecule has 27 heavy (non-hydrogen) atoms. The molecule has 0 radical (unpaired) electrons. The van der Waals surface area contributed by atoms with Crippen molar-refractivity contribution in [3.05, 3.63) is 54.6 Å². The monoisotopic (exact) mass is 365 g/mol. The molecular formula is C21H23N3O3. The van der Waals surface area contributed by atoms with Crippen LogP contribution in [0.4, 0.5) is 11.4 Å². The standard InChI is InChI=1S/C21H23N3O3/c1-14(2)27-20-12-8-7-11-17(20)22-21(26)18-13-19(15(3)25)24(23-18)16-9-5-4-6-10-16/h4-12,14,19H,13H2,1-3H3,(H,22,26). The first-order valence-electron chi connectivity index (χ1n) is 8.95. The smallest absolute Gasteiger partial charge is 0.272 e. The fraction of sp³-hybridized carbons (Fsp3) is 0.286. The fourth-order valence-corrected chi connectivity index (χ4v) is 2.90. The van der Waals surface area contributed by atoms with Crippen molar-refractivity contribution in [2.24, 2.45) is 5.10 Å². The van der Waals surface area contributed by atoms with E-state index in [1.165, 1.54) is 6.92 Å². The van der Waals surface area contributed by atoms with Crippen LogP contribution in [0.15, 0.2) is 59.7 Å². The van der Waals surface area contributed by atoms with Crippen LogP contribution in [0.2, 0.25) is 0 Å². The summed E-state index contributed by atoms with van der Waals surface area (Å²) in [6.45, 7) is 5.37. The van der Waals surface area contributed by atoms with E-state index >= 15 is 0 Å². The number of hydrazone groups is 1. The van der Waals surface area contributed by atoms with Gasteiger partial charge in [-0.25, -0.2) is 0 Å². The zero-order valence-corrected chi connectivity index (χ0v) is 15.7. The van der Waals surface area contributed by atoms with Crippen molar-refractivity contribution in [2.75, 3.05) is 10.3 Å². The molecule has 6 nitrogen and oxygen atoms in total. The Hall–Kier alpha value is -3.15. The predicted molar refractivity (Wildman–Crippen MR) is 106 cm³/mol. The fourth-order valence-electron chi connectivity index (χ4n) is 2.90. The van der Waals surface area contributed by atoms with Crippen molar-refractivity contribution < 1.29 is 14.3 Å². The maximum Gasteiger partial charge on any atom is 0.272 e. The molecule has 140 valence electrons. The van der Waals surface area contributed by atoms with E-state index in [9.17, 15) is 9.59 Å². The quantitative estimate of drug-likeness (QED) is 0.848. The largest absolute Gasteiger partial charge is 0.489 e. The molecule has 6 heteroatoms. The zero-order valence-electron chi connectivity index (χ0n) is 15.7. The summed E-state index contributed by atoms with van der Waals surface area (Å²) in [4.78, 5) is 24.8. The van der Waals surface area contributed by atoms with Gasteiger partial charge in [0.15, 0.2) is 5.78 Å². The first kappa shape index (κ1) is 18.6. The summed E-state index contributed by atoms with van der Waals surface area (Å²) >= 11 is 0. The number of benzene rings is 2. The van der Waals surface area contributed by atoms with Gasteiger partial charge in [-0.05, 0) is 45.0 Å². The summed E-state index contributed by atoms with van der Waals surface area (Å²) < 4.78 is 5.74. The van der Waals surface area contributed by atoms with Crippen LogP contribution in [0.1, 0.15) is 27.2 Å². The van der Waals surface area contributed by atoms with Crippen LogP contribution in [0.25, 0.3) is 0 Å². The van der Waals surface area contributed by atoms with Gasteiger partial charge in [0.25, 0.3) is 5.91 Å². The van der Waals surface area contributed by atoms with Crippen molar-refractivity contribution in [1.29, 1.82) is 0 Å². The molecule has 2 aromatic carbocycles. The molecule has 0 aliphatic carbocycles. The summed E-state index contributed by atoms with van der Waals surface area (Å²) in [5.74, 6) is 0.232. The number of hydrogen-bond acceptors (Lipinski definition) is 5. The first-order valence-corrected chi connectivity index (χ1v) is 8.95. The average molecular weight is 365 g/mol. The Labute approximate surface area is 158 Å². The highest BCUT2D eigenvalue weighted by Gasteiger charge is 2.34. The number of ketones is 1. The number of nitrogens with zero attached hydrogens (tertiary/aromatic N) is 2. The molecule has 1 aliphatic rings. The molecule has 1 aliphatic heterocycles. The van der Waals surface area contributed by atoms with E-state index in [0.717, 1.165) is 5.69 Å². The van der Waals surface area contributed by atoms with E-state index < -0.39 is 6.04 Å². The second kappa shape index (κ2) is 8.03. The molecule has 3 rings (SSSR count). The van der Waals surface area contributed by atoms with Gasteiger partial charge in [0.2, 0.25) is 0 Å². The molecule has 0 bridgehead atoms. The summed E-state index contributed by atoms with van der Waals surface area (Å²) in [6.07, 6.45) is 0.256. The van der Waals surface area contributed by atoms with E-state index in [1.807, 2.05) is 56.3 Å². The van der Waals surface area contributed by atoms with E-state index in [2.05, 4.69) is 10.4 Å². The second-order valence-corrected chi connectivity index (χ2v) is 6.67. The van der Waals surface area contributed by atoms with Gasteiger partial charge in [-0.15, -0.1) is 0 Å². The van der Waals surface area contributed by atoms with Crippen molar-refractivity contribution in [1.82, 2.24) is 0 Å². The first-order chi connectivity index (χ1) is 13.0. The lowest BCUT2D eigenvalue weighted by atomic mass is 10.1. The second-order valence-electron chi connectivity index (χ2n) is 6.67.